The van der Waals surface area contributed by atoms with E-state index in [1.54, 1.807) is 12.3 Å². The molecule has 5 heteroatoms. The third-order valence-electron chi connectivity index (χ3n) is 2.90. The van der Waals surface area contributed by atoms with Gasteiger partial charge in [-0.05, 0) is 21.0 Å². The summed E-state index contributed by atoms with van der Waals surface area (Å²) in [6.07, 6.45) is 5.27. The molecule has 110 valence electrons. The van der Waals surface area contributed by atoms with E-state index in [9.17, 15) is 9.59 Å². The summed E-state index contributed by atoms with van der Waals surface area (Å²) in [5.41, 5.74) is 0.277. The maximum Gasteiger partial charge on any atom is 0.270 e. The Labute approximate surface area is 120 Å². The van der Waals surface area contributed by atoms with Crippen LogP contribution in [0.5, 0.6) is 0 Å². The van der Waals surface area contributed by atoms with Gasteiger partial charge in [0.1, 0.15) is 5.70 Å². The second-order valence-electron chi connectivity index (χ2n) is 5.79. The fourth-order valence-electron chi connectivity index (χ4n) is 1.66. The van der Waals surface area contributed by atoms with Gasteiger partial charge in [0, 0.05) is 30.3 Å². The number of carbonyl (C=O) groups excluding carboxylic acids is 2. The molecular weight excluding hydrogens is 254 g/mol. The molecule has 0 radical (unpaired) electrons. The minimum atomic E-state index is -0.310. The molecule has 1 aliphatic rings. The van der Waals surface area contributed by atoms with Gasteiger partial charge in [-0.1, -0.05) is 26.0 Å². The monoisotopic (exact) mass is 277 g/mol. The van der Waals surface area contributed by atoms with E-state index in [0.717, 1.165) is 6.54 Å². The number of hydrogen-bond donors (Lipinski definition) is 1. The van der Waals surface area contributed by atoms with Crippen LogP contribution in [0.2, 0.25) is 0 Å². The van der Waals surface area contributed by atoms with Crippen molar-refractivity contribution in [2.45, 2.75) is 20.8 Å². The Morgan fingerprint density at radius 2 is 2.00 bits per heavy atom. The van der Waals surface area contributed by atoms with Gasteiger partial charge in [-0.2, -0.15) is 0 Å². The zero-order chi connectivity index (χ0) is 15.3. The molecular formula is C15H23N3O2. The molecule has 0 aromatic rings. The molecule has 20 heavy (non-hydrogen) atoms. The minimum absolute atomic E-state index is 0.158. The SMILES string of the molecule is CC(=O)C1=C(C(=O)NCCN(C)C)N=CC(C)(C)C=C1. The first-order valence-electron chi connectivity index (χ1n) is 6.65. The zero-order valence-electron chi connectivity index (χ0n) is 12.9. The van der Waals surface area contributed by atoms with Crippen LogP contribution in [0.3, 0.4) is 0 Å². The van der Waals surface area contributed by atoms with Crippen molar-refractivity contribution in [1.82, 2.24) is 10.2 Å². The van der Waals surface area contributed by atoms with E-state index in [1.807, 2.05) is 38.9 Å². The molecule has 5 nitrogen and oxygen atoms in total. The van der Waals surface area contributed by atoms with Gasteiger partial charge in [0.2, 0.25) is 0 Å². The van der Waals surface area contributed by atoms with Crippen LogP contribution in [-0.4, -0.2) is 50.0 Å². The number of aliphatic imine (C=N–C) groups is 1. The standard InChI is InChI=1S/C15H23N3O2/c1-11(19)12-6-7-15(2,3)10-17-13(12)14(20)16-8-9-18(4)5/h6-7,10H,8-9H2,1-5H3,(H,16,20). The second kappa shape index (κ2) is 6.61. The highest BCUT2D eigenvalue weighted by molar-refractivity contribution is 6.07. The largest absolute Gasteiger partial charge is 0.349 e. The fraction of sp³-hybridized carbons (Fsp3) is 0.533. The molecule has 1 amide bonds. The summed E-state index contributed by atoms with van der Waals surface area (Å²) >= 11 is 0. The molecule has 0 aromatic heterocycles. The molecule has 1 aliphatic heterocycles. The summed E-state index contributed by atoms with van der Waals surface area (Å²) in [5.74, 6) is -0.468. The van der Waals surface area contributed by atoms with Crippen molar-refractivity contribution in [1.29, 1.82) is 0 Å². The molecule has 0 spiro atoms. The Hall–Kier alpha value is -1.75. The predicted molar refractivity (Wildman–Crippen MR) is 80.7 cm³/mol. The number of hydrogen-bond acceptors (Lipinski definition) is 4. The Kier molecular flexibility index (Phi) is 5.39. The number of nitrogens with zero attached hydrogens (tertiary/aromatic N) is 2. The highest BCUT2D eigenvalue weighted by atomic mass is 16.2. The molecule has 0 aromatic carbocycles. The zero-order valence-corrected chi connectivity index (χ0v) is 12.9. The van der Waals surface area contributed by atoms with Gasteiger partial charge in [-0.3, -0.25) is 14.6 Å². The van der Waals surface area contributed by atoms with Crippen molar-refractivity contribution < 1.29 is 9.59 Å². The normalized spacial score (nSPS) is 17.3. The number of nitrogens with one attached hydrogen (secondary N) is 1. The maximum absolute atomic E-state index is 12.2. The van der Waals surface area contributed by atoms with Gasteiger partial charge in [-0.25, -0.2) is 0 Å². The molecule has 0 fully saturated rings. The molecule has 0 unspecified atom stereocenters. The molecule has 0 saturated heterocycles. The van der Waals surface area contributed by atoms with Crippen molar-refractivity contribution >= 4 is 17.9 Å². The fourth-order valence-corrected chi connectivity index (χ4v) is 1.66. The average molecular weight is 277 g/mol. The first kappa shape index (κ1) is 16.3. The first-order valence-corrected chi connectivity index (χ1v) is 6.65. The molecule has 0 aliphatic carbocycles. The molecule has 0 bridgehead atoms. The maximum atomic E-state index is 12.2. The molecule has 1 rings (SSSR count). The topological polar surface area (TPSA) is 61.8 Å². The Morgan fingerprint density at radius 3 is 2.55 bits per heavy atom. The summed E-state index contributed by atoms with van der Waals surface area (Å²) in [6, 6.07) is 0. The number of amides is 1. The summed E-state index contributed by atoms with van der Waals surface area (Å²) in [5, 5.41) is 2.79. The number of ketones is 1. The lowest BCUT2D eigenvalue weighted by Gasteiger charge is -2.12. The lowest BCUT2D eigenvalue weighted by atomic mass is 9.94. The van der Waals surface area contributed by atoms with E-state index in [4.69, 9.17) is 0 Å². The first-order chi connectivity index (χ1) is 9.23. The second-order valence-corrected chi connectivity index (χ2v) is 5.79. The van der Waals surface area contributed by atoms with E-state index >= 15 is 0 Å². The number of likely N-dealkylation sites (N-methyl/N-ethyl adjacent to an activating group) is 1. The van der Waals surface area contributed by atoms with Crippen LogP contribution >= 0.6 is 0 Å². The van der Waals surface area contributed by atoms with Gasteiger partial charge >= 0.3 is 0 Å². The van der Waals surface area contributed by atoms with E-state index in [-0.39, 0.29) is 22.8 Å². The van der Waals surface area contributed by atoms with Crippen molar-refractivity contribution in [3.63, 3.8) is 0 Å². The van der Waals surface area contributed by atoms with Crippen LogP contribution in [0.25, 0.3) is 0 Å². The van der Waals surface area contributed by atoms with Crippen molar-refractivity contribution in [3.05, 3.63) is 23.4 Å². The van der Waals surface area contributed by atoms with Crippen molar-refractivity contribution in [2.75, 3.05) is 27.2 Å². The predicted octanol–water partition coefficient (Wildman–Crippen LogP) is 1.17. The van der Waals surface area contributed by atoms with Gasteiger partial charge in [-0.15, -0.1) is 0 Å². The van der Waals surface area contributed by atoms with Crippen LogP contribution in [-0.2, 0) is 9.59 Å². The van der Waals surface area contributed by atoms with Gasteiger partial charge in [0.25, 0.3) is 5.91 Å². The molecule has 1 N–H and O–H groups in total. The van der Waals surface area contributed by atoms with Crippen molar-refractivity contribution in [2.24, 2.45) is 10.4 Å². The van der Waals surface area contributed by atoms with Crippen LogP contribution < -0.4 is 5.32 Å². The summed E-state index contributed by atoms with van der Waals surface area (Å²) in [4.78, 5) is 30.1. The van der Waals surface area contributed by atoms with Crippen molar-refractivity contribution in [3.8, 4) is 0 Å². The molecule has 1 heterocycles. The van der Waals surface area contributed by atoms with Crippen LogP contribution in [0.15, 0.2) is 28.4 Å². The number of Topliss-reactive ketones (excluding diaryl/α,β-unsaturated/α-hetero) is 1. The van der Waals surface area contributed by atoms with Crippen LogP contribution in [0.4, 0.5) is 0 Å². The molecule has 0 atom stereocenters. The quantitative estimate of drug-likeness (QED) is 0.820. The summed E-state index contributed by atoms with van der Waals surface area (Å²) < 4.78 is 0. The third-order valence-corrected chi connectivity index (χ3v) is 2.90. The summed E-state index contributed by atoms with van der Waals surface area (Å²) in [6.45, 7) is 6.64. The smallest absolute Gasteiger partial charge is 0.270 e. The highest BCUT2D eigenvalue weighted by Crippen LogP contribution is 2.22. The van der Waals surface area contributed by atoms with Gasteiger partial charge in [0.15, 0.2) is 5.78 Å². The highest BCUT2D eigenvalue weighted by Gasteiger charge is 2.21. The van der Waals surface area contributed by atoms with Gasteiger partial charge < -0.3 is 10.2 Å². The third kappa shape index (κ3) is 4.74. The molecule has 0 saturated carbocycles. The summed E-state index contributed by atoms with van der Waals surface area (Å²) in [7, 11) is 3.86. The van der Waals surface area contributed by atoms with Gasteiger partial charge in [0.05, 0.1) is 0 Å². The Balaban J connectivity index is 2.95. The van der Waals surface area contributed by atoms with E-state index in [0.29, 0.717) is 12.1 Å². The average Bonchev–Trinajstić information content (AvgIpc) is 2.47. The van der Waals surface area contributed by atoms with E-state index in [2.05, 4.69) is 10.3 Å². The number of rotatable bonds is 5. The Bertz CT molecular complexity index is 485. The lowest BCUT2D eigenvalue weighted by Crippen LogP contribution is -2.32. The van der Waals surface area contributed by atoms with E-state index < -0.39 is 0 Å². The van der Waals surface area contributed by atoms with E-state index in [1.165, 1.54) is 6.92 Å². The Morgan fingerprint density at radius 1 is 1.35 bits per heavy atom. The van der Waals surface area contributed by atoms with Crippen LogP contribution in [0, 0.1) is 5.41 Å². The number of allylic oxidation sites excluding steroid dienone is 3. The van der Waals surface area contributed by atoms with Crippen LogP contribution in [0.1, 0.15) is 20.8 Å². The minimum Gasteiger partial charge on any atom is -0.349 e. The number of carbonyl (C=O) groups is 2. The lowest BCUT2D eigenvalue weighted by molar-refractivity contribution is -0.118.